The molecule has 1 aliphatic rings. The maximum absolute atomic E-state index is 12.7. The number of benzene rings is 1. The normalized spacial score (nSPS) is 14.6. The minimum absolute atomic E-state index is 0.0300. The first-order valence-corrected chi connectivity index (χ1v) is 11.0. The molecule has 0 aliphatic carbocycles. The first-order chi connectivity index (χ1) is 16.1. The smallest absolute Gasteiger partial charge is 0.266 e. The van der Waals surface area contributed by atoms with E-state index < -0.39 is 0 Å². The first kappa shape index (κ1) is 21.0. The molecule has 0 saturated carbocycles. The fraction of sp³-hybridized carbons (Fsp3) is 0.292. The quantitative estimate of drug-likeness (QED) is 0.460. The monoisotopic (exact) mass is 443 g/mol. The Kier molecular flexibility index (Phi) is 5.70. The topological polar surface area (TPSA) is 89.2 Å². The van der Waals surface area contributed by atoms with Gasteiger partial charge in [-0.15, -0.1) is 0 Å². The Balaban J connectivity index is 1.25. The van der Waals surface area contributed by atoms with Crippen LogP contribution in [-0.2, 0) is 13.6 Å². The third-order valence-corrected chi connectivity index (χ3v) is 6.09. The van der Waals surface area contributed by atoms with Crippen LogP contribution in [0.15, 0.2) is 70.5 Å². The van der Waals surface area contributed by atoms with Crippen LogP contribution in [0.25, 0.3) is 22.2 Å². The lowest BCUT2D eigenvalue weighted by Crippen LogP contribution is -2.49. The number of hydrogen-bond acceptors (Lipinski definition) is 7. The van der Waals surface area contributed by atoms with Crippen molar-refractivity contribution in [3.05, 3.63) is 81.6 Å². The van der Waals surface area contributed by atoms with Gasteiger partial charge in [0.25, 0.3) is 11.1 Å². The molecule has 1 fully saturated rings. The summed E-state index contributed by atoms with van der Waals surface area (Å²) >= 11 is 0. The van der Waals surface area contributed by atoms with Gasteiger partial charge in [-0.2, -0.15) is 5.10 Å². The average molecular weight is 444 g/mol. The molecule has 1 aliphatic heterocycles. The Hall–Kier alpha value is -3.85. The van der Waals surface area contributed by atoms with Gasteiger partial charge in [0.05, 0.1) is 23.1 Å². The fourth-order valence-corrected chi connectivity index (χ4v) is 4.18. The molecule has 9 heteroatoms. The van der Waals surface area contributed by atoms with Crippen molar-refractivity contribution in [1.29, 1.82) is 0 Å². The van der Waals surface area contributed by atoms with E-state index in [-0.39, 0.29) is 11.1 Å². The molecule has 0 unspecified atom stereocenters. The molecule has 0 bridgehead atoms. The highest BCUT2D eigenvalue weighted by molar-refractivity contribution is 5.78. The predicted octanol–water partition coefficient (Wildman–Crippen LogP) is 1.37. The van der Waals surface area contributed by atoms with Gasteiger partial charge in [0, 0.05) is 63.8 Å². The molecule has 33 heavy (non-hydrogen) atoms. The Labute approximate surface area is 190 Å². The Morgan fingerprint density at radius 3 is 2.42 bits per heavy atom. The molecule has 1 aromatic carbocycles. The number of pyridine rings is 1. The van der Waals surface area contributed by atoms with E-state index in [1.165, 1.54) is 4.68 Å². The summed E-state index contributed by atoms with van der Waals surface area (Å²) in [5.41, 5.74) is 2.27. The zero-order chi connectivity index (χ0) is 22.8. The number of anilines is 1. The summed E-state index contributed by atoms with van der Waals surface area (Å²) < 4.78 is 3.16. The molecule has 168 valence electrons. The maximum Gasteiger partial charge on any atom is 0.266 e. The zero-order valence-electron chi connectivity index (χ0n) is 18.5. The van der Waals surface area contributed by atoms with Gasteiger partial charge < -0.3 is 4.90 Å². The molecule has 0 N–H and O–H groups in total. The van der Waals surface area contributed by atoms with Crippen LogP contribution < -0.4 is 16.0 Å². The standard InChI is InChI=1S/C24H25N7O2/c1-28-23(33)19-4-2-3-5-21(19)26-24(28)30-15-12-29(13-16-30)14-17-31-22(32)7-6-20(27-31)18-8-10-25-11-9-18/h2-11H,12-17H2,1H3. The Bertz CT molecular complexity index is 1390. The summed E-state index contributed by atoms with van der Waals surface area (Å²) in [5.74, 6) is 0.696. The summed E-state index contributed by atoms with van der Waals surface area (Å²) in [7, 11) is 1.78. The van der Waals surface area contributed by atoms with Crippen LogP contribution in [0.1, 0.15) is 0 Å². The van der Waals surface area contributed by atoms with E-state index in [1.54, 1.807) is 36.1 Å². The third-order valence-electron chi connectivity index (χ3n) is 6.09. The van der Waals surface area contributed by atoms with E-state index in [9.17, 15) is 9.59 Å². The molecule has 0 radical (unpaired) electrons. The lowest BCUT2D eigenvalue weighted by molar-refractivity contribution is 0.241. The summed E-state index contributed by atoms with van der Waals surface area (Å²) in [5, 5.41) is 5.16. The van der Waals surface area contributed by atoms with Crippen molar-refractivity contribution in [2.75, 3.05) is 37.6 Å². The first-order valence-electron chi connectivity index (χ1n) is 11.0. The number of nitrogens with zero attached hydrogens (tertiary/aromatic N) is 7. The van der Waals surface area contributed by atoms with Gasteiger partial charge in [-0.1, -0.05) is 12.1 Å². The molecule has 3 aromatic heterocycles. The average Bonchev–Trinajstić information content (AvgIpc) is 2.87. The summed E-state index contributed by atoms with van der Waals surface area (Å²) in [6.07, 6.45) is 3.43. The molecule has 9 nitrogen and oxygen atoms in total. The van der Waals surface area contributed by atoms with Crippen LogP contribution in [0.5, 0.6) is 0 Å². The van der Waals surface area contributed by atoms with Crippen molar-refractivity contribution in [3.8, 4) is 11.3 Å². The zero-order valence-corrected chi connectivity index (χ0v) is 18.5. The van der Waals surface area contributed by atoms with E-state index in [2.05, 4.69) is 19.9 Å². The van der Waals surface area contributed by atoms with Gasteiger partial charge in [-0.3, -0.25) is 24.0 Å². The molecular weight excluding hydrogens is 418 g/mol. The van der Waals surface area contributed by atoms with Crippen molar-refractivity contribution in [2.24, 2.45) is 7.05 Å². The van der Waals surface area contributed by atoms with Gasteiger partial charge in [-0.25, -0.2) is 9.67 Å². The molecule has 5 rings (SSSR count). The van der Waals surface area contributed by atoms with Crippen LogP contribution in [0.3, 0.4) is 0 Å². The van der Waals surface area contributed by atoms with Crippen molar-refractivity contribution >= 4 is 16.9 Å². The highest BCUT2D eigenvalue weighted by Crippen LogP contribution is 2.16. The molecular formula is C24H25N7O2. The van der Waals surface area contributed by atoms with Crippen molar-refractivity contribution in [2.45, 2.75) is 6.54 Å². The third kappa shape index (κ3) is 4.27. The van der Waals surface area contributed by atoms with Gasteiger partial charge in [0.1, 0.15) is 0 Å². The number of para-hydroxylation sites is 1. The Morgan fingerprint density at radius 2 is 1.64 bits per heavy atom. The van der Waals surface area contributed by atoms with Crippen LogP contribution in [0, 0.1) is 0 Å². The van der Waals surface area contributed by atoms with Crippen LogP contribution >= 0.6 is 0 Å². The number of fused-ring (bicyclic) bond motifs is 1. The van der Waals surface area contributed by atoms with Gasteiger partial charge >= 0.3 is 0 Å². The minimum atomic E-state index is -0.109. The van der Waals surface area contributed by atoms with E-state index >= 15 is 0 Å². The second kappa shape index (κ2) is 8.95. The van der Waals surface area contributed by atoms with E-state index in [4.69, 9.17) is 4.98 Å². The van der Waals surface area contributed by atoms with E-state index in [0.29, 0.717) is 17.9 Å². The molecule has 4 aromatic rings. The summed E-state index contributed by atoms with van der Waals surface area (Å²) in [4.78, 5) is 38.3. The van der Waals surface area contributed by atoms with Gasteiger partial charge in [0.15, 0.2) is 0 Å². The maximum atomic E-state index is 12.7. The second-order valence-electron chi connectivity index (χ2n) is 8.14. The number of aromatic nitrogens is 5. The van der Waals surface area contributed by atoms with Gasteiger partial charge in [-0.05, 0) is 30.3 Å². The number of hydrogen-bond donors (Lipinski definition) is 0. The van der Waals surface area contributed by atoms with Crippen molar-refractivity contribution in [3.63, 3.8) is 0 Å². The van der Waals surface area contributed by atoms with Crippen LogP contribution in [0.2, 0.25) is 0 Å². The predicted molar refractivity (Wildman–Crippen MR) is 127 cm³/mol. The highest BCUT2D eigenvalue weighted by atomic mass is 16.1. The number of rotatable bonds is 5. The largest absolute Gasteiger partial charge is 0.340 e. The van der Waals surface area contributed by atoms with Gasteiger partial charge in [0.2, 0.25) is 5.95 Å². The lowest BCUT2D eigenvalue weighted by atomic mass is 10.2. The second-order valence-corrected chi connectivity index (χ2v) is 8.14. The molecule has 4 heterocycles. The Morgan fingerprint density at radius 1 is 0.879 bits per heavy atom. The van der Waals surface area contributed by atoms with Crippen molar-refractivity contribution < 1.29 is 0 Å². The van der Waals surface area contributed by atoms with E-state index in [0.717, 1.165) is 49.5 Å². The highest BCUT2D eigenvalue weighted by Gasteiger charge is 2.21. The number of piperazine rings is 1. The fourth-order valence-electron chi connectivity index (χ4n) is 4.18. The van der Waals surface area contributed by atoms with Crippen LogP contribution in [-0.4, -0.2) is 61.9 Å². The molecule has 0 atom stereocenters. The summed E-state index contributed by atoms with van der Waals surface area (Å²) in [6.45, 7) is 4.41. The van der Waals surface area contributed by atoms with E-state index in [1.807, 2.05) is 36.4 Å². The van der Waals surface area contributed by atoms with Crippen molar-refractivity contribution in [1.82, 2.24) is 29.2 Å². The van der Waals surface area contributed by atoms with Crippen LogP contribution in [0.4, 0.5) is 5.95 Å². The molecule has 1 saturated heterocycles. The lowest BCUT2D eigenvalue weighted by Gasteiger charge is -2.35. The SMILES string of the molecule is Cn1c(N2CCN(CCn3nc(-c4ccncc4)ccc3=O)CC2)nc2ccccc2c1=O. The summed E-state index contributed by atoms with van der Waals surface area (Å²) in [6, 6.07) is 14.5. The minimum Gasteiger partial charge on any atom is -0.340 e. The molecule has 0 amide bonds. The molecule has 0 spiro atoms.